The Bertz CT molecular complexity index is 1820. The smallest absolute Gasteiger partial charge is 0.240 e. The van der Waals surface area contributed by atoms with Crippen molar-refractivity contribution in [2.24, 2.45) is 5.41 Å². The molecule has 2 aromatic heterocycles. The van der Waals surface area contributed by atoms with Crippen LogP contribution in [0.3, 0.4) is 0 Å². The zero-order valence-electron chi connectivity index (χ0n) is 22.7. The highest BCUT2D eigenvalue weighted by molar-refractivity contribution is 6.16. The molecule has 12 heteroatoms. The first-order valence-corrected chi connectivity index (χ1v) is 13.4. The van der Waals surface area contributed by atoms with E-state index in [-0.39, 0.29) is 17.7 Å². The van der Waals surface area contributed by atoms with E-state index in [0.29, 0.717) is 41.0 Å². The van der Waals surface area contributed by atoms with E-state index in [1.54, 1.807) is 53.2 Å². The maximum atomic E-state index is 14.8. The average Bonchev–Trinajstić information content (AvgIpc) is 3.68. The fourth-order valence-electron chi connectivity index (χ4n) is 4.61. The van der Waals surface area contributed by atoms with Gasteiger partial charge in [0.25, 0.3) is 0 Å². The van der Waals surface area contributed by atoms with Crippen molar-refractivity contribution in [3.05, 3.63) is 84.6 Å². The summed E-state index contributed by atoms with van der Waals surface area (Å²) in [5.74, 6) is -1.78. The lowest BCUT2D eigenvalue weighted by molar-refractivity contribution is -0.131. The molecule has 2 amide bonds. The number of carbonyl (C=O) groups excluding carboxylic acids is 2. The Balaban J connectivity index is 1.14. The summed E-state index contributed by atoms with van der Waals surface area (Å²) in [6.45, 7) is 3.97. The number of nitrogens with zero attached hydrogens (tertiary/aromatic N) is 5. The number of fused-ring (bicyclic) bond motifs is 1. The molecule has 212 valence electrons. The molecule has 1 fully saturated rings. The van der Waals surface area contributed by atoms with Crippen LogP contribution in [0.15, 0.2) is 72.9 Å². The molecule has 2 heterocycles. The summed E-state index contributed by atoms with van der Waals surface area (Å²) >= 11 is 0. The van der Waals surface area contributed by atoms with Crippen molar-refractivity contribution in [2.45, 2.75) is 32.7 Å². The number of aromatic nitrogens is 5. The summed E-state index contributed by atoms with van der Waals surface area (Å²) in [5, 5.41) is 16.8. The van der Waals surface area contributed by atoms with Crippen LogP contribution in [0.25, 0.3) is 22.3 Å². The second kappa shape index (κ2) is 10.6. The highest BCUT2D eigenvalue weighted by atomic mass is 19.1. The van der Waals surface area contributed by atoms with E-state index in [4.69, 9.17) is 0 Å². The van der Waals surface area contributed by atoms with E-state index < -0.39 is 28.9 Å². The molecule has 3 N–H and O–H groups in total. The molecule has 1 saturated carbocycles. The number of hydrogen-bond donors (Lipinski definition) is 3. The lowest BCUT2D eigenvalue weighted by atomic mass is 10.0. The molecule has 5 aromatic rings. The number of rotatable bonds is 8. The van der Waals surface area contributed by atoms with E-state index in [2.05, 4.69) is 36.2 Å². The Morgan fingerprint density at radius 1 is 0.905 bits per heavy atom. The van der Waals surface area contributed by atoms with Crippen LogP contribution in [0.2, 0.25) is 0 Å². The minimum atomic E-state index is -1.20. The summed E-state index contributed by atoms with van der Waals surface area (Å²) < 4.78 is 30.0. The van der Waals surface area contributed by atoms with Crippen molar-refractivity contribution < 1.29 is 18.4 Å². The molecule has 3 aromatic carbocycles. The molecule has 0 saturated heterocycles. The number of amides is 2. The van der Waals surface area contributed by atoms with Crippen LogP contribution >= 0.6 is 0 Å². The van der Waals surface area contributed by atoms with Gasteiger partial charge in [-0.05, 0) is 81.3 Å². The van der Waals surface area contributed by atoms with Gasteiger partial charge in [-0.15, -0.1) is 5.10 Å². The molecular weight excluding hydrogens is 542 g/mol. The molecule has 0 unspecified atom stereocenters. The lowest BCUT2D eigenvalue weighted by Gasteiger charge is -2.16. The first-order valence-electron chi connectivity index (χ1n) is 13.4. The van der Waals surface area contributed by atoms with Gasteiger partial charge in [0.2, 0.25) is 17.8 Å². The number of carbonyl (C=O) groups is 2. The Hall–Kier alpha value is -5.26. The molecule has 10 nitrogen and oxygen atoms in total. The van der Waals surface area contributed by atoms with Crippen LogP contribution in [0.5, 0.6) is 0 Å². The van der Waals surface area contributed by atoms with Gasteiger partial charge < -0.3 is 16.0 Å². The molecule has 0 bridgehead atoms. The van der Waals surface area contributed by atoms with Crippen molar-refractivity contribution in [1.29, 1.82) is 0 Å². The van der Waals surface area contributed by atoms with Gasteiger partial charge in [-0.3, -0.25) is 9.59 Å². The second-order valence-electron chi connectivity index (χ2n) is 10.4. The highest BCUT2D eigenvalue weighted by Gasteiger charge is 2.56. The lowest BCUT2D eigenvalue weighted by Crippen LogP contribution is -2.35. The molecule has 0 radical (unpaired) electrons. The standard InChI is InChI=1S/C30H26F2N8O2/c1-17(2)40-25-14-18(6-11-24(25)38-39-40)26-23(32)16-33-29(37-26)36-21-9-7-20(8-10-21)34-27(41)30(12-13-30)28(42)35-22-5-3-4-19(31)15-22/h3-11,14-17H,12-13H2,1-2H3,(H,34,41)(H,35,42)(H,33,36,37). The highest BCUT2D eigenvalue weighted by Crippen LogP contribution is 2.47. The van der Waals surface area contributed by atoms with Crippen LogP contribution in [-0.2, 0) is 9.59 Å². The molecule has 1 aliphatic carbocycles. The summed E-state index contributed by atoms with van der Waals surface area (Å²) in [6, 6.07) is 17.6. The predicted octanol–water partition coefficient (Wildman–Crippen LogP) is 5.85. The SMILES string of the molecule is CC(C)n1nnc2ccc(-c3nc(Nc4ccc(NC(=O)C5(C(=O)Nc6cccc(F)c6)CC5)cc4)ncc3F)cc21. The fraction of sp³-hybridized carbons (Fsp3) is 0.200. The van der Waals surface area contributed by atoms with Gasteiger partial charge in [0.15, 0.2) is 5.82 Å². The molecule has 0 atom stereocenters. The molecule has 0 spiro atoms. The largest absolute Gasteiger partial charge is 0.325 e. The van der Waals surface area contributed by atoms with Crippen molar-refractivity contribution >= 4 is 45.9 Å². The quantitative estimate of drug-likeness (QED) is 0.201. The number of halogens is 2. The molecule has 42 heavy (non-hydrogen) atoms. The first kappa shape index (κ1) is 26.9. The van der Waals surface area contributed by atoms with Gasteiger partial charge in [-0.1, -0.05) is 17.3 Å². The van der Waals surface area contributed by atoms with Crippen molar-refractivity contribution in [3.8, 4) is 11.3 Å². The van der Waals surface area contributed by atoms with E-state index in [1.807, 2.05) is 13.8 Å². The zero-order valence-corrected chi connectivity index (χ0v) is 22.7. The summed E-state index contributed by atoms with van der Waals surface area (Å²) in [7, 11) is 0. The van der Waals surface area contributed by atoms with Crippen LogP contribution in [0.1, 0.15) is 32.7 Å². The normalized spacial score (nSPS) is 13.6. The fourth-order valence-corrected chi connectivity index (χ4v) is 4.61. The van der Waals surface area contributed by atoms with Gasteiger partial charge in [-0.2, -0.15) is 0 Å². The topological polar surface area (TPSA) is 127 Å². The average molecular weight is 569 g/mol. The monoisotopic (exact) mass is 568 g/mol. The van der Waals surface area contributed by atoms with E-state index in [1.165, 1.54) is 18.2 Å². The molecular formula is C30H26F2N8O2. The maximum absolute atomic E-state index is 14.8. The third kappa shape index (κ3) is 5.26. The first-order chi connectivity index (χ1) is 20.2. The van der Waals surface area contributed by atoms with Crippen molar-refractivity contribution in [2.75, 3.05) is 16.0 Å². The Morgan fingerprint density at radius 3 is 2.31 bits per heavy atom. The van der Waals surface area contributed by atoms with E-state index in [0.717, 1.165) is 11.7 Å². The third-order valence-electron chi connectivity index (χ3n) is 7.08. The minimum absolute atomic E-state index is 0.0812. The van der Waals surface area contributed by atoms with Crippen LogP contribution < -0.4 is 16.0 Å². The maximum Gasteiger partial charge on any atom is 0.240 e. The van der Waals surface area contributed by atoms with Crippen molar-refractivity contribution in [1.82, 2.24) is 25.0 Å². The molecule has 0 aliphatic heterocycles. The van der Waals surface area contributed by atoms with Gasteiger partial charge >= 0.3 is 0 Å². The van der Waals surface area contributed by atoms with Gasteiger partial charge in [0.05, 0.1) is 11.7 Å². The number of hydrogen-bond acceptors (Lipinski definition) is 7. The van der Waals surface area contributed by atoms with Gasteiger partial charge in [0.1, 0.15) is 22.4 Å². The second-order valence-corrected chi connectivity index (χ2v) is 10.4. The number of anilines is 4. The Labute approximate surface area is 239 Å². The van der Waals surface area contributed by atoms with E-state index >= 15 is 0 Å². The molecule has 1 aliphatic rings. The Morgan fingerprint density at radius 2 is 1.62 bits per heavy atom. The summed E-state index contributed by atoms with van der Waals surface area (Å²) in [6.07, 6.45) is 1.89. The summed E-state index contributed by atoms with van der Waals surface area (Å²) in [5.41, 5.74) is 2.34. The van der Waals surface area contributed by atoms with Crippen LogP contribution in [-0.4, -0.2) is 36.8 Å². The number of nitrogens with one attached hydrogen (secondary N) is 3. The zero-order chi connectivity index (χ0) is 29.4. The molecule has 6 rings (SSSR count). The number of benzene rings is 3. The Kier molecular flexibility index (Phi) is 6.81. The van der Waals surface area contributed by atoms with Crippen LogP contribution in [0, 0.1) is 17.0 Å². The van der Waals surface area contributed by atoms with Gasteiger partial charge in [-0.25, -0.2) is 23.4 Å². The summed E-state index contributed by atoms with van der Waals surface area (Å²) in [4.78, 5) is 34.2. The van der Waals surface area contributed by atoms with Gasteiger partial charge in [0, 0.05) is 28.7 Å². The minimum Gasteiger partial charge on any atom is -0.325 e. The predicted molar refractivity (Wildman–Crippen MR) is 154 cm³/mol. The van der Waals surface area contributed by atoms with Crippen molar-refractivity contribution in [3.63, 3.8) is 0 Å². The third-order valence-corrected chi connectivity index (χ3v) is 7.08. The van der Waals surface area contributed by atoms with E-state index in [9.17, 15) is 18.4 Å². The van der Waals surface area contributed by atoms with Crippen LogP contribution in [0.4, 0.5) is 31.8 Å².